The maximum atomic E-state index is 12.5. The van der Waals surface area contributed by atoms with Gasteiger partial charge in [0.1, 0.15) is 12.1 Å². The third kappa shape index (κ3) is 1.99. The zero-order valence-corrected chi connectivity index (χ0v) is 8.03. The second kappa shape index (κ2) is 4.33. The van der Waals surface area contributed by atoms with E-state index in [0.29, 0.717) is 0 Å². The third-order valence-corrected chi connectivity index (χ3v) is 2.43. The molecule has 0 radical (unpaired) electrons. The maximum absolute atomic E-state index is 12.5. The molecule has 3 heteroatoms. The smallest absolute Gasteiger partial charge is 0.130 e. The number of carbonyl (C=O) groups excluding carboxylic acids is 1. The number of aliphatic hydroxyl groups excluding tert-OH is 1. The van der Waals surface area contributed by atoms with Crippen LogP contribution in [0.2, 0.25) is 0 Å². The van der Waals surface area contributed by atoms with Gasteiger partial charge in [-0.15, -0.1) is 0 Å². The number of halogens is 1. The van der Waals surface area contributed by atoms with E-state index in [1.807, 2.05) is 0 Å². The Morgan fingerprint density at radius 1 is 1.29 bits per heavy atom. The topological polar surface area (TPSA) is 37.3 Å². The van der Waals surface area contributed by atoms with Crippen molar-refractivity contribution in [1.82, 2.24) is 0 Å². The van der Waals surface area contributed by atoms with Gasteiger partial charge in [0.25, 0.3) is 0 Å². The monoisotopic (exact) mass is 196 g/mol. The van der Waals surface area contributed by atoms with Crippen LogP contribution in [0.5, 0.6) is 0 Å². The van der Waals surface area contributed by atoms with Crippen LogP contribution in [0.1, 0.15) is 18.4 Å². The minimum Gasteiger partial charge on any atom is -0.400 e. The molecule has 0 bridgehead atoms. The Balaban J connectivity index is 0.000000461. The van der Waals surface area contributed by atoms with Gasteiger partial charge in [-0.25, -0.2) is 4.39 Å². The van der Waals surface area contributed by atoms with Gasteiger partial charge in [-0.3, -0.25) is 0 Å². The van der Waals surface area contributed by atoms with E-state index in [9.17, 15) is 9.18 Å². The van der Waals surface area contributed by atoms with E-state index in [4.69, 9.17) is 5.11 Å². The van der Waals surface area contributed by atoms with Crippen LogP contribution in [0.3, 0.4) is 0 Å². The van der Waals surface area contributed by atoms with Crippen LogP contribution in [0.15, 0.2) is 24.3 Å². The molecular weight excluding hydrogens is 183 g/mol. The quantitative estimate of drug-likeness (QED) is 0.730. The SMILES string of the molecule is CO.O=CC1(c2ccc(F)cc2)CC1. The summed E-state index contributed by atoms with van der Waals surface area (Å²) in [6.45, 7) is 0. The lowest BCUT2D eigenvalue weighted by molar-refractivity contribution is -0.109. The van der Waals surface area contributed by atoms with Crippen LogP contribution in [-0.4, -0.2) is 18.5 Å². The summed E-state index contributed by atoms with van der Waals surface area (Å²) in [6.07, 6.45) is 2.78. The molecule has 0 aromatic heterocycles. The summed E-state index contributed by atoms with van der Waals surface area (Å²) in [6, 6.07) is 6.19. The van der Waals surface area contributed by atoms with Crippen molar-refractivity contribution < 1.29 is 14.3 Å². The van der Waals surface area contributed by atoms with Crippen molar-refractivity contribution in [3.8, 4) is 0 Å². The molecule has 1 aromatic rings. The second-order valence-electron chi connectivity index (χ2n) is 3.28. The van der Waals surface area contributed by atoms with Crippen LogP contribution >= 0.6 is 0 Å². The van der Waals surface area contributed by atoms with Gasteiger partial charge in [0.2, 0.25) is 0 Å². The molecule has 0 saturated heterocycles. The van der Waals surface area contributed by atoms with Gasteiger partial charge in [-0.1, -0.05) is 12.1 Å². The minimum atomic E-state index is -0.270. The summed E-state index contributed by atoms with van der Waals surface area (Å²) >= 11 is 0. The molecule has 1 aromatic carbocycles. The first-order chi connectivity index (χ1) is 6.77. The van der Waals surface area contributed by atoms with E-state index in [1.54, 1.807) is 12.1 Å². The lowest BCUT2D eigenvalue weighted by Crippen LogP contribution is -2.07. The fourth-order valence-electron chi connectivity index (χ4n) is 1.39. The first kappa shape index (κ1) is 10.9. The van der Waals surface area contributed by atoms with Crippen molar-refractivity contribution >= 4 is 6.29 Å². The number of rotatable bonds is 2. The fourth-order valence-corrected chi connectivity index (χ4v) is 1.39. The summed E-state index contributed by atoms with van der Waals surface area (Å²) in [7, 11) is 1.00. The number of benzene rings is 1. The van der Waals surface area contributed by atoms with Crippen LogP contribution in [0, 0.1) is 5.82 Å². The summed E-state index contributed by atoms with van der Waals surface area (Å²) in [4.78, 5) is 10.7. The van der Waals surface area contributed by atoms with E-state index in [2.05, 4.69) is 0 Å². The third-order valence-electron chi connectivity index (χ3n) is 2.43. The summed E-state index contributed by atoms with van der Waals surface area (Å²) in [5.74, 6) is -0.250. The zero-order chi connectivity index (χ0) is 10.6. The summed E-state index contributed by atoms with van der Waals surface area (Å²) in [5.41, 5.74) is 0.673. The van der Waals surface area contributed by atoms with E-state index < -0.39 is 0 Å². The molecule has 1 fully saturated rings. The molecule has 0 atom stereocenters. The number of aldehydes is 1. The van der Waals surface area contributed by atoms with Gasteiger partial charge in [-0.05, 0) is 30.5 Å². The van der Waals surface area contributed by atoms with Crippen molar-refractivity contribution in [3.63, 3.8) is 0 Å². The van der Waals surface area contributed by atoms with Crippen LogP contribution in [0.25, 0.3) is 0 Å². The largest absolute Gasteiger partial charge is 0.400 e. The Morgan fingerprint density at radius 3 is 2.14 bits per heavy atom. The number of hydrogen-bond donors (Lipinski definition) is 1. The lowest BCUT2D eigenvalue weighted by Gasteiger charge is -2.05. The first-order valence-electron chi connectivity index (χ1n) is 4.44. The van der Waals surface area contributed by atoms with Crippen LogP contribution in [-0.2, 0) is 10.2 Å². The molecule has 76 valence electrons. The van der Waals surface area contributed by atoms with Gasteiger partial charge in [0.15, 0.2) is 0 Å². The van der Waals surface area contributed by atoms with Gasteiger partial charge in [0.05, 0.1) is 5.41 Å². The molecule has 2 rings (SSSR count). The zero-order valence-electron chi connectivity index (χ0n) is 8.03. The highest BCUT2D eigenvalue weighted by atomic mass is 19.1. The molecule has 0 unspecified atom stereocenters. The predicted molar refractivity (Wildman–Crippen MR) is 51.5 cm³/mol. The molecule has 2 nitrogen and oxygen atoms in total. The van der Waals surface area contributed by atoms with Crippen molar-refractivity contribution in [1.29, 1.82) is 0 Å². The molecular formula is C11H13FO2. The average molecular weight is 196 g/mol. The first-order valence-corrected chi connectivity index (χ1v) is 4.44. The van der Waals surface area contributed by atoms with E-state index >= 15 is 0 Å². The van der Waals surface area contributed by atoms with Crippen LogP contribution in [0.4, 0.5) is 4.39 Å². The Labute approximate surface area is 82.4 Å². The van der Waals surface area contributed by atoms with Gasteiger partial charge in [-0.2, -0.15) is 0 Å². The van der Waals surface area contributed by atoms with Gasteiger partial charge < -0.3 is 9.90 Å². The molecule has 0 aliphatic heterocycles. The second-order valence-corrected chi connectivity index (χ2v) is 3.28. The highest BCUT2D eigenvalue weighted by Gasteiger charge is 2.44. The normalized spacial score (nSPS) is 16.5. The van der Waals surface area contributed by atoms with Crippen LogP contribution < -0.4 is 0 Å². The minimum absolute atomic E-state index is 0.250. The molecule has 1 saturated carbocycles. The molecule has 0 amide bonds. The fraction of sp³-hybridized carbons (Fsp3) is 0.364. The van der Waals surface area contributed by atoms with Crippen molar-refractivity contribution in [3.05, 3.63) is 35.6 Å². The van der Waals surface area contributed by atoms with Crippen molar-refractivity contribution in [2.45, 2.75) is 18.3 Å². The molecule has 1 aliphatic carbocycles. The van der Waals surface area contributed by atoms with Crippen molar-refractivity contribution in [2.75, 3.05) is 7.11 Å². The van der Waals surface area contributed by atoms with Gasteiger partial charge in [0, 0.05) is 7.11 Å². The lowest BCUT2D eigenvalue weighted by atomic mass is 9.98. The van der Waals surface area contributed by atoms with E-state index in [0.717, 1.165) is 31.8 Å². The maximum Gasteiger partial charge on any atom is 0.130 e. The van der Waals surface area contributed by atoms with Gasteiger partial charge >= 0.3 is 0 Å². The van der Waals surface area contributed by atoms with E-state index in [-0.39, 0.29) is 11.2 Å². The number of carbonyl (C=O) groups is 1. The summed E-state index contributed by atoms with van der Waals surface area (Å²) in [5, 5.41) is 7.00. The molecule has 1 N–H and O–H groups in total. The Kier molecular flexibility index (Phi) is 3.36. The molecule has 14 heavy (non-hydrogen) atoms. The van der Waals surface area contributed by atoms with E-state index in [1.165, 1.54) is 12.1 Å². The highest BCUT2D eigenvalue weighted by molar-refractivity contribution is 5.72. The van der Waals surface area contributed by atoms with Crippen molar-refractivity contribution in [2.24, 2.45) is 0 Å². The number of aliphatic hydroxyl groups is 1. The Bertz CT molecular complexity index is 302. The molecule has 0 heterocycles. The number of hydrogen-bond acceptors (Lipinski definition) is 2. The summed E-state index contributed by atoms with van der Waals surface area (Å²) < 4.78 is 12.5. The highest BCUT2D eigenvalue weighted by Crippen LogP contribution is 2.45. The molecule has 1 aliphatic rings. The molecule has 0 spiro atoms. The Hall–Kier alpha value is -1.22. The average Bonchev–Trinajstić information content (AvgIpc) is 3.03. The standard InChI is InChI=1S/C10H9FO.CH4O/c11-9-3-1-8(2-4-9)10(7-12)5-6-10;1-2/h1-4,7H,5-6H2;2H,1H3. The Morgan fingerprint density at radius 2 is 1.79 bits per heavy atom. The predicted octanol–water partition coefficient (Wildman–Crippen LogP) is 1.66.